The molecule has 3 fully saturated rings. The number of carbonyl (C=O) groups excluding carboxylic acids is 4. The summed E-state index contributed by atoms with van der Waals surface area (Å²) in [5.74, 6) is -2.11. The number of hydrogen-bond donors (Lipinski definition) is 4. The Balaban J connectivity index is 1.39. The quantitative estimate of drug-likeness (QED) is 0.428. The maximum Gasteiger partial charge on any atom is 0.314 e. The van der Waals surface area contributed by atoms with Gasteiger partial charge in [-0.25, -0.2) is 9.18 Å². The van der Waals surface area contributed by atoms with Gasteiger partial charge in [0, 0.05) is 32.1 Å². The molecule has 10 nitrogen and oxygen atoms in total. The smallest absolute Gasteiger partial charge is 0.314 e. The van der Waals surface area contributed by atoms with Crippen molar-refractivity contribution in [3.05, 3.63) is 71.3 Å². The number of alkyl halides is 1. The second kappa shape index (κ2) is 10.9. The SMILES string of the molecule is CC(N)c1ccc([C@@H](NC(=O)C2C[C@@H](F)CN2C(=O)C2CNC(=O)[C@]23CCN(C(N)=O)C3)c2ccccc2)cc1. The van der Waals surface area contributed by atoms with Crippen LogP contribution in [0.3, 0.4) is 0 Å². The molecule has 3 heterocycles. The molecule has 2 aromatic rings. The fraction of sp³-hybridized carbons (Fsp3) is 0.448. The lowest BCUT2D eigenvalue weighted by molar-refractivity contribution is -0.146. The third-order valence-corrected chi connectivity index (χ3v) is 8.55. The number of urea groups is 1. The van der Waals surface area contributed by atoms with E-state index in [0.29, 0.717) is 0 Å². The van der Waals surface area contributed by atoms with Crippen LogP contribution >= 0.6 is 0 Å². The molecule has 5 amide bonds. The Hall–Kier alpha value is -3.99. The van der Waals surface area contributed by atoms with E-state index in [1.165, 1.54) is 9.80 Å². The van der Waals surface area contributed by atoms with E-state index in [2.05, 4.69) is 10.6 Å². The molecule has 3 aliphatic heterocycles. The number of benzene rings is 2. The molecule has 0 bridgehead atoms. The molecule has 6 atom stereocenters. The minimum atomic E-state index is -1.38. The number of likely N-dealkylation sites (tertiary alicyclic amines) is 2. The second-order valence-corrected chi connectivity index (χ2v) is 11.1. The van der Waals surface area contributed by atoms with Gasteiger partial charge in [-0.3, -0.25) is 14.4 Å². The zero-order valence-corrected chi connectivity index (χ0v) is 22.4. The van der Waals surface area contributed by atoms with Crippen molar-refractivity contribution in [3.8, 4) is 0 Å². The van der Waals surface area contributed by atoms with Gasteiger partial charge >= 0.3 is 6.03 Å². The molecule has 40 heavy (non-hydrogen) atoms. The summed E-state index contributed by atoms with van der Waals surface area (Å²) < 4.78 is 14.8. The maximum atomic E-state index is 14.8. The van der Waals surface area contributed by atoms with E-state index in [0.717, 1.165) is 16.7 Å². The second-order valence-electron chi connectivity index (χ2n) is 11.1. The average Bonchev–Trinajstić information content (AvgIpc) is 3.65. The van der Waals surface area contributed by atoms with Gasteiger partial charge in [-0.15, -0.1) is 0 Å². The molecule has 0 radical (unpaired) electrons. The van der Waals surface area contributed by atoms with Crippen molar-refractivity contribution in [2.75, 3.05) is 26.2 Å². The van der Waals surface area contributed by atoms with Gasteiger partial charge in [0.2, 0.25) is 17.7 Å². The number of carbonyl (C=O) groups is 4. The minimum Gasteiger partial charge on any atom is -0.355 e. The number of nitrogens with zero attached hydrogens (tertiary/aromatic N) is 2. The first-order chi connectivity index (χ1) is 19.1. The number of rotatable bonds is 6. The summed E-state index contributed by atoms with van der Waals surface area (Å²) >= 11 is 0. The van der Waals surface area contributed by atoms with Crippen molar-refractivity contribution < 1.29 is 23.6 Å². The largest absolute Gasteiger partial charge is 0.355 e. The van der Waals surface area contributed by atoms with Crippen molar-refractivity contribution in [1.82, 2.24) is 20.4 Å². The molecule has 3 unspecified atom stereocenters. The summed E-state index contributed by atoms with van der Waals surface area (Å²) in [6.07, 6.45) is -1.25. The van der Waals surface area contributed by atoms with E-state index in [9.17, 15) is 23.6 Å². The monoisotopic (exact) mass is 550 g/mol. The lowest BCUT2D eigenvalue weighted by Crippen LogP contribution is -2.52. The van der Waals surface area contributed by atoms with E-state index in [-0.39, 0.29) is 51.0 Å². The van der Waals surface area contributed by atoms with Crippen LogP contribution in [-0.4, -0.2) is 71.9 Å². The normalized spacial score (nSPS) is 27.5. The van der Waals surface area contributed by atoms with Gasteiger partial charge in [0.1, 0.15) is 12.2 Å². The highest BCUT2D eigenvalue weighted by Gasteiger charge is 2.59. The average molecular weight is 551 g/mol. The number of nitrogens with one attached hydrogen (secondary N) is 2. The zero-order valence-electron chi connectivity index (χ0n) is 22.4. The third-order valence-electron chi connectivity index (χ3n) is 8.55. The lowest BCUT2D eigenvalue weighted by atomic mass is 9.75. The molecule has 3 aliphatic rings. The van der Waals surface area contributed by atoms with Gasteiger partial charge < -0.3 is 31.9 Å². The standard InChI is InChI=1S/C29H35FN6O4/c1-17(31)18-7-9-20(10-8-18)24(19-5-3-2-4-6-19)34-25(37)23-13-21(30)15-36(23)26(38)22-14-33-27(39)29(22)11-12-35(16-29)28(32)40/h2-10,17,21-24H,11-16,31H2,1H3,(H2,32,40)(H,33,39)(H,34,37)/t17?,21-,22?,23?,24+,29+/m1/s1. The van der Waals surface area contributed by atoms with Gasteiger partial charge in [-0.1, -0.05) is 54.6 Å². The molecule has 6 N–H and O–H groups in total. The zero-order chi connectivity index (χ0) is 28.6. The van der Waals surface area contributed by atoms with Crippen LogP contribution in [-0.2, 0) is 14.4 Å². The summed E-state index contributed by atoms with van der Waals surface area (Å²) in [6, 6.07) is 14.6. The van der Waals surface area contributed by atoms with Crippen LogP contribution in [0.4, 0.5) is 9.18 Å². The predicted octanol–water partition coefficient (Wildman–Crippen LogP) is 1.37. The molecule has 11 heteroatoms. The Morgan fingerprint density at radius 3 is 2.35 bits per heavy atom. The molecule has 0 aromatic heterocycles. The van der Waals surface area contributed by atoms with Crippen LogP contribution < -0.4 is 22.1 Å². The summed E-state index contributed by atoms with van der Waals surface area (Å²) in [6.45, 7) is 1.98. The molecule has 1 spiro atoms. The Morgan fingerprint density at radius 1 is 1.07 bits per heavy atom. The van der Waals surface area contributed by atoms with Crippen molar-refractivity contribution in [2.45, 2.75) is 44.1 Å². The minimum absolute atomic E-state index is 0.0157. The van der Waals surface area contributed by atoms with Crippen molar-refractivity contribution in [3.63, 3.8) is 0 Å². The van der Waals surface area contributed by atoms with E-state index >= 15 is 0 Å². The highest BCUT2D eigenvalue weighted by atomic mass is 19.1. The third kappa shape index (κ3) is 5.01. The van der Waals surface area contributed by atoms with Crippen LogP contribution in [0, 0.1) is 11.3 Å². The highest BCUT2D eigenvalue weighted by molar-refractivity contribution is 5.97. The van der Waals surface area contributed by atoms with Gasteiger partial charge in [-0.05, 0) is 30.0 Å². The summed E-state index contributed by atoms with van der Waals surface area (Å²) in [7, 11) is 0. The first-order valence-corrected chi connectivity index (χ1v) is 13.6. The first-order valence-electron chi connectivity index (χ1n) is 13.6. The topological polar surface area (TPSA) is 151 Å². The van der Waals surface area contributed by atoms with Crippen molar-refractivity contribution in [1.29, 1.82) is 0 Å². The number of amides is 5. The van der Waals surface area contributed by atoms with Crippen molar-refractivity contribution >= 4 is 23.8 Å². The molecular weight excluding hydrogens is 515 g/mol. The molecule has 0 saturated carbocycles. The van der Waals surface area contributed by atoms with Crippen LogP contribution in [0.25, 0.3) is 0 Å². The summed E-state index contributed by atoms with van der Waals surface area (Å²) in [5, 5.41) is 5.79. The van der Waals surface area contributed by atoms with Gasteiger partial charge in [0.05, 0.1) is 23.9 Å². The van der Waals surface area contributed by atoms with Crippen LogP contribution in [0.1, 0.15) is 48.5 Å². The van der Waals surface area contributed by atoms with E-state index < -0.39 is 47.4 Å². The predicted molar refractivity (Wildman–Crippen MR) is 145 cm³/mol. The number of nitrogens with two attached hydrogens (primary N) is 2. The summed E-state index contributed by atoms with van der Waals surface area (Å²) in [5.41, 5.74) is 12.9. The maximum absolute atomic E-state index is 14.8. The lowest BCUT2D eigenvalue weighted by Gasteiger charge is -2.33. The van der Waals surface area contributed by atoms with Crippen LogP contribution in [0.2, 0.25) is 0 Å². The van der Waals surface area contributed by atoms with E-state index in [4.69, 9.17) is 11.5 Å². The van der Waals surface area contributed by atoms with E-state index in [1.54, 1.807) is 0 Å². The first kappa shape index (κ1) is 27.6. The van der Waals surface area contributed by atoms with E-state index in [1.807, 2.05) is 61.5 Å². The molecule has 3 saturated heterocycles. The Kier molecular flexibility index (Phi) is 7.50. The molecule has 2 aromatic carbocycles. The molecule has 0 aliphatic carbocycles. The molecular formula is C29H35FN6O4. The Bertz CT molecular complexity index is 1290. The Morgan fingerprint density at radius 2 is 1.73 bits per heavy atom. The van der Waals surface area contributed by atoms with Gasteiger partial charge in [0.25, 0.3) is 0 Å². The van der Waals surface area contributed by atoms with Crippen LogP contribution in [0.5, 0.6) is 0 Å². The van der Waals surface area contributed by atoms with Gasteiger partial charge in [-0.2, -0.15) is 0 Å². The number of hydrogen-bond acceptors (Lipinski definition) is 5. The Labute approximate surface area is 232 Å². The molecule has 212 valence electrons. The summed E-state index contributed by atoms with van der Waals surface area (Å²) in [4.78, 5) is 54.8. The highest BCUT2D eigenvalue weighted by Crippen LogP contribution is 2.43. The van der Waals surface area contributed by atoms with Gasteiger partial charge in [0.15, 0.2) is 0 Å². The van der Waals surface area contributed by atoms with Crippen LogP contribution in [0.15, 0.2) is 54.6 Å². The fourth-order valence-electron chi connectivity index (χ4n) is 6.25. The van der Waals surface area contributed by atoms with Crippen molar-refractivity contribution in [2.24, 2.45) is 22.8 Å². The number of primary amides is 1. The molecule has 5 rings (SSSR count). The fourth-order valence-corrected chi connectivity index (χ4v) is 6.25. The number of halogens is 1.